The van der Waals surface area contributed by atoms with Gasteiger partial charge in [-0.1, -0.05) is 66.7 Å². The number of benzene rings is 3. The van der Waals surface area contributed by atoms with E-state index in [1.165, 1.54) is 0 Å². The topological polar surface area (TPSA) is 49.9 Å². The molecule has 0 aliphatic carbocycles. The van der Waals surface area contributed by atoms with Crippen molar-refractivity contribution >= 4 is 11.8 Å². The van der Waals surface area contributed by atoms with Crippen LogP contribution in [0.15, 0.2) is 91.0 Å². The standard InChI is InChI=1S/C29H32N2O3/c1-30(21-24-12-5-2-6-13-24)27(32)20-29(23-34-26-16-9-4-10-17-26)18-11-19-31(22-29)28(33)25-14-7-3-8-15-25/h2-10,12-17H,11,18-23H2,1H3/t29-/m1/s1. The van der Waals surface area contributed by atoms with Gasteiger partial charge in [-0.2, -0.15) is 0 Å². The van der Waals surface area contributed by atoms with Crippen LogP contribution in [0.3, 0.4) is 0 Å². The lowest BCUT2D eigenvalue weighted by molar-refractivity contribution is -0.134. The highest BCUT2D eigenvalue weighted by Gasteiger charge is 2.40. The van der Waals surface area contributed by atoms with Crippen LogP contribution in [0.4, 0.5) is 0 Å². The van der Waals surface area contributed by atoms with Gasteiger partial charge in [0.15, 0.2) is 0 Å². The first-order valence-electron chi connectivity index (χ1n) is 11.8. The molecule has 5 heteroatoms. The summed E-state index contributed by atoms with van der Waals surface area (Å²) in [6.07, 6.45) is 2.01. The van der Waals surface area contributed by atoms with Gasteiger partial charge in [-0.05, 0) is 42.7 Å². The quantitative estimate of drug-likeness (QED) is 0.477. The van der Waals surface area contributed by atoms with Crippen LogP contribution in [0, 0.1) is 5.41 Å². The van der Waals surface area contributed by atoms with Gasteiger partial charge in [-0.3, -0.25) is 9.59 Å². The molecule has 0 radical (unpaired) electrons. The molecule has 1 atom stereocenters. The molecule has 1 saturated heterocycles. The maximum Gasteiger partial charge on any atom is 0.253 e. The van der Waals surface area contributed by atoms with Gasteiger partial charge >= 0.3 is 0 Å². The number of amides is 2. The zero-order valence-electron chi connectivity index (χ0n) is 19.7. The normalized spacial score (nSPS) is 17.7. The number of nitrogens with zero attached hydrogens (tertiary/aromatic N) is 2. The summed E-state index contributed by atoms with van der Waals surface area (Å²) in [5, 5.41) is 0. The van der Waals surface area contributed by atoms with E-state index in [9.17, 15) is 9.59 Å². The molecule has 1 heterocycles. The van der Waals surface area contributed by atoms with Gasteiger partial charge in [0.2, 0.25) is 5.91 Å². The smallest absolute Gasteiger partial charge is 0.253 e. The molecular formula is C29H32N2O3. The average molecular weight is 457 g/mol. The molecule has 3 aromatic carbocycles. The fourth-order valence-corrected chi connectivity index (χ4v) is 4.61. The second-order valence-electron chi connectivity index (χ2n) is 9.21. The van der Waals surface area contributed by atoms with Gasteiger partial charge in [0.05, 0.1) is 6.61 Å². The largest absolute Gasteiger partial charge is 0.493 e. The Morgan fingerprint density at radius 3 is 2.21 bits per heavy atom. The number of para-hydroxylation sites is 1. The fourth-order valence-electron chi connectivity index (χ4n) is 4.61. The van der Waals surface area contributed by atoms with E-state index in [0.29, 0.717) is 38.2 Å². The Bertz CT molecular complexity index is 1070. The van der Waals surface area contributed by atoms with Crippen molar-refractivity contribution in [2.75, 3.05) is 26.7 Å². The lowest BCUT2D eigenvalue weighted by atomic mass is 9.77. The highest BCUT2D eigenvalue weighted by Crippen LogP contribution is 2.36. The van der Waals surface area contributed by atoms with Crippen molar-refractivity contribution in [3.05, 3.63) is 102 Å². The van der Waals surface area contributed by atoms with Crippen molar-refractivity contribution in [3.8, 4) is 5.75 Å². The molecule has 3 aromatic rings. The van der Waals surface area contributed by atoms with Crippen LogP contribution in [0.1, 0.15) is 35.2 Å². The van der Waals surface area contributed by atoms with Gasteiger partial charge in [0, 0.05) is 44.1 Å². The second-order valence-corrected chi connectivity index (χ2v) is 9.21. The van der Waals surface area contributed by atoms with Crippen molar-refractivity contribution in [1.82, 2.24) is 9.80 Å². The molecule has 0 aromatic heterocycles. The minimum Gasteiger partial charge on any atom is -0.493 e. The van der Waals surface area contributed by atoms with E-state index in [4.69, 9.17) is 4.74 Å². The van der Waals surface area contributed by atoms with Gasteiger partial charge in [0.25, 0.3) is 5.91 Å². The highest BCUT2D eigenvalue weighted by molar-refractivity contribution is 5.94. The third kappa shape index (κ3) is 6.04. The van der Waals surface area contributed by atoms with Gasteiger partial charge in [-0.25, -0.2) is 0 Å². The Labute approximate surface area is 202 Å². The molecule has 0 unspecified atom stereocenters. The molecule has 1 fully saturated rings. The van der Waals surface area contributed by atoms with Crippen LogP contribution < -0.4 is 4.74 Å². The first kappa shape index (κ1) is 23.6. The number of hydrogen-bond acceptors (Lipinski definition) is 3. The summed E-state index contributed by atoms with van der Waals surface area (Å²) >= 11 is 0. The van der Waals surface area contributed by atoms with E-state index in [1.807, 2.05) is 103 Å². The molecule has 5 nitrogen and oxygen atoms in total. The Hall–Kier alpha value is -3.60. The molecule has 4 rings (SSSR count). The minimum absolute atomic E-state index is 0.00877. The molecule has 0 saturated carbocycles. The molecule has 0 spiro atoms. The van der Waals surface area contributed by atoms with E-state index in [2.05, 4.69) is 0 Å². The van der Waals surface area contributed by atoms with Crippen LogP contribution >= 0.6 is 0 Å². The first-order valence-corrected chi connectivity index (χ1v) is 11.8. The maximum absolute atomic E-state index is 13.3. The number of piperidine rings is 1. The number of rotatable bonds is 8. The molecule has 0 N–H and O–H groups in total. The Morgan fingerprint density at radius 1 is 0.912 bits per heavy atom. The van der Waals surface area contributed by atoms with E-state index < -0.39 is 5.41 Å². The Kier molecular flexibility index (Phi) is 7.63. The monoisotopic (exact) mass is 456 g/mol. The van der Waals surface area contributed by atoms with Crippen molar-refractivity contribution in [2.45, 2.75) is 25.8 Å². The van der Waals surface area contributed by atoms with Crippen molar-refractivity contribution < 1.29 is 14.3 Å². The van der Waals surface area contributed by atoms with Crippen LogP contribution in [0.5, 0.6) is 5.75 Å². The number of ether oxygens (including phenoxy) is 1. The summed E-state index contributed by atoms with van der Waals surface area (Å²) < 4.78 is 6.17. The molecule has 2 amide bonds. The number of hydrogen-bond donors (Lipinski definition) is 0. The predicted molar refractivity (Wildman–Crippen MR) is 133 cm³/mol. The average Bonchev–Trinajstić information content (AvgIpc) is 2.89. The molecule has 34 heavy (non-hydrogen) atoms. The molecule has 176 valence electrons. The third-order valence-electron chi connectivity index (χ3n) is 6.47. The molecule has 1 aliphatic rings. The van der Waals surface area contributed by atoms with Crippen molar-refractivity contribution in [1.29, 1.82) is 0 Å². The summed E-state index contributed by atoms with van der Waals surface area (Å²) in [6, 6.07) is 29.0. The molecule has 1 aliphatic heterocycles. The van der Waals surface area contributed by atoms with Gasteiger partial charge < -0.3 is 14.5 Å². The fraction of sp³-hybridized carbons (Fsp3) is 0.310. The summed E-state index contributed by atoms with van der Waals surface area (Å²) in [6.45, 7) is 2.13. The summed E-state index contributed by atoms with van der Waals surface area (Å²) in [5.74, 6) is 0.850. The second kappa shape index (κ2) is 11.0. The predicted octanol–water partition coefficient (Wildman–Crippen LogP) is 5.04. The van der Waals surface area contributed by atoms with Crippen LogP contribution in [-0.2, 0) is 11.3 Å². The van der Waals surface area contributed by atoms with Gasteiger partial charge in [-0.15, -0.1) is 0 Å². The molecular weight excluding hydrogens is 424 g/mol. The van der Waals surface area contributed by atoms with Crippen LogP contribution in [0.2, 0.25) is 0 Å². The summed E-state index contributed by atoms with van der Waals surface area (Å²) in [7, 11) is 1.84. The van der Waals surface area contributed by atoms with Gasteiger partial charge in [0.1, 0.15) is 5.75 Å². The number of likely N-dealkylation sites (tertiary alicyclic amines) is 1. The summed E-state index contributed by atoms with van der Waals surface area (Å²) in [5.41, 5.74) is 1.33. The SMILES string of the molecule is CN(Cc1ccccc1)C(=O)C[C@]1(COc2ccccc2)CCCN(C(=O)c2ccccc2)C1. The maximum atomic E-state index is 13.3. The summed E-state index contributed by atoms with van der Waals surface area (Å²) in [4.78, 5) is 30.2. The third-order valence-corrected chi connectivity index (χ3v) is 6.47. The van der Waals surface area contributed by atoms with E-state index in [1.54, 1.807) is 4.90 Å². The first-order chi connectivity index (χ1) is 16.5. The van der Waals surface area contributed by atoms with E-state index >= 15 is 0 Å². The van der Waals surface area contributed by atoms with Crippen molar-refractivity contribution in [2.24, 2.45) is 5.41 Å². The Morgan fingerprint density at radius 2 is 1.53 bits per heavy atom. The minimum atomic E-state index is -0.444. The van der Waals surface area contributed by atoms with Crippen LogP contribution in [-0.4, -0.2) is 48.4 Å². The Balaban J connectivity index is 1.51. The zero-order chi connectivity index (χ0) is 23.8. The zero-order valence-corrected chi connectivity index (χ0v) is 19.7. The number of carbonyl (C=O) groups is 2. The molecule has 0 bridgehead atoms. The lowest BCUT2D eigenvalue weighted by Crippen LogP contribution is -2.50. The highest BCUT2D eigenvalue weighted by atomic mass is 16.5. The van der Waals surface area contributed by atoms with Crippen molar-refractivity contribution in [3.63, 3.8) is 0 Å². The van der Waals surface area contributed by atoms with E-state index in [-0.39, 0.29) is 11.8 Å². The van der Waals surface area contributed by atoms with E-state index in [0.717, 1.165) is 24.2 Å². The lowest BCUT2D eigenvalue weighted by Gasteiger charge is -2.43. The number of carbonyl (C=O) groups excluding carboxylic acids is 2. The van der Waals surface area contributed by atoms with Crippen LogP contribution in [0.25, 0.3) is 0 Å².